The molecule has 2 amide bonds. The van der Waals surface area contributed by atoms with Gasteiger partial charge in [-0.25, -0.2) is 4.39 Å². The fourth-order valence-electron chi connectivity index (χ4n) is 3.32. The zero-order valence-electron chi connectivity index (χ0n) is 16.3. The van der Waals surface area contributed by atoms with Crippen LogP contribution in [0.3, 0.4) is 0 Å². The molecule has 0 unspecified atom stereocenters. The van der Waals surface area contributed by atoms with Crippen LogP contribution in [-0.2, 0) is 16.1 Å². The number of hydrogen-bond acceptors (Lipinski definition) is 2. The molecule has 29 heavy (non-hydrogen) atoms. The molecule has 0 aromatic heterocycles. The Morgan fingerprint density at radius 2 is 1.93 bits per heavy atom. The molecule has 4 nitrogen and oxygen atoms in total. The molecule has 0 saturated carbocycles. The molecule has 3 rings (SSSR count). The lowest BCUT2D eigenvalue weighted by atomic mass is 9.95. The summed E-state index contributed by atoms with van der Waals surface area (Å²) >= 11 is 3.46. The van der Waals surface area contributed by atoms with E-state index in [4.69, 9.17) is 0 Å². The molecular weight excluding hydrogens is 435 g/mol. The highest BCUT2D eigenvalue weighted by Gasteiger charge is 2.26. The summed E-state index contributed by atoms with van der Waals surface area (Å²) in [6.07, 6.45) is 4.63. The second-order valence-corrected chi connectivity index (χ2v) is 8.11. The summed E-state index contributed by atoms with van der Waals surface area (Å²) in [5, 5.41) is 2.88. The van der Waals surface area contributed by atoms with Crippen LogP contribution in [0.2, 0.25) is 0 Å². The standard InChI is InChI=1S/C23H24BrFN2O2/c1-16-6-7-17(14-21(16)25)15-26-23(29)19-10-12-27(13-11-19)22(28)9-8-18-4-2-3-5-20(18)24/h2-9,14,19H,10-13,15H2,1H3,(H,26,29)/b9-8+. The fraction of sp³-hybridized carbons (Fsp3) is 0.304. The zero-order chi connectivity index (χ0) is 20.8. The van der Waals surface area contributed by atoms with Crippen molar-refractivity contribution < 1.29 is 14.0 Å². The molecule has 1 aliphatic rings. The van der Waals surface area contributed by atoms with Gasteiger partial charge in [0.15, 0.2) is 0 Å². The molecule has 1 saturated heterocycles. The Labute approximate surface area is 178 Å². The van der Waals surface area contributed by atoms with E-state index in [0.29, 0.717) is 38.0 Å². The van der Waals surface area contributed by atoms with Crippen molar-refractivity contribution in [2.75, 3.05) is 13.1 Å². The molecular formula is C23H24BrFN2O2. The average Bonchev–Trinajstić information content (AvgIpc) is 2.73. The molecule has 0 aliphatic carbocycles. The second-order valence-electron chi connectivity index (χ2n) is 7.26. The molecule has 6 heteroatoms. The van der Waals surface area contributed by atoms with Crippen LogP contribution >= 0.6 is 15.9 Å². The molecule has 0 bridgehead atoms. The first-order valence-electron chi connectivity index (χ1n) is 9.68. The highest BCUT2D eigenvalue weighted by atomic mass is 79.9. The third kappa shape index (κ3) is 5.76. The molecule has 1 heterocycles. The highest BCUT2D eigenvalue weighted by molar-refractivity contribution is 9.10. The van der Waals surface area contributed by atoms with Crippen LogP contribution in [0.4, 0.5) is 4.39 Å². The topological polar surface area (TPSA) is 49.4 Å². The Balaban J connectivity index is 1.46. The average molecular weight is 459 g/mol. The monoisotopic (exact) mass is 458 g/mol. The van der Waals surface area contributed by atoms with Gasteiger partial charge in [0, 0.05) is 36.1 Å². The number of piperidine rings is 1. The van der Waals surface area contributed by atoms with E-state index in [9.17, 15) is 14.0 Å². The van der Waals surface area contributed by atoms with Gasteiger partial charge in [-0.3, -0.25) is 9.59 Å². The second kappa shape index (κ2) is 9.83. The van der Waals surface area contributed by atoms with Crippen molar-refractivity contribution in [3.63, 3.8) is 0 Å². The van der Waals surface area contributed by atoms with Crippen LogP contribution in [-0.4, -0.2) is 29.8 Å². The number of rotatable bonds is 5. The summed E-state index contributed by atoms with van der Waals surface area (Å²) in [5.74, 6) is -0.475. The van der Waals surface area contributed by atoms with Gasteiger partial charge in [-0.1, -0.05) is 46.3 Å². The van der Waals surface area contributed by atoms with Crippen molar-refractivity contribution in [3.8, 4) is 0 Å². The molecule has 2 aromatic rings. The van der Waals surface area contributed by atoms with Gasteiger partial charge in [0.25, 0.3) is 0 Å². The van der Waals surface area contributed by atoms with E-state index in [-0.39, 0.29) is 23.5 Å². The van der Waals surface area contributed by atoms with Crippen molar-refractivity contribution in [1.29, 1.82) is 0 Å². The first kappa shape index (κ1) is 21.2. The van der Waals surface area contributed by atoms with Crippen LogP contribution < -0.4 is 5.32 Å². The third-order valence-corrected chi connectivity index (χ3v) is 5.91. The van der Waals surface area contributed by atoms with Gasteiger partial charge in [-0.2, -0.15) is 0 Å². The Bertz CT molecular complexity index is 921. The summed E-state index contributed by atoms with van der Waals surface area (Å²) in [5.41, 5.74) is 2.28. The molecule has 0 spiro atoms. The van der Waals surface area contributed by atoms with Crippen molar-refractivity contribution in [1.82, 2.24) is 10.2 Å². The highest BCUT2D eigenvalue weighted by Crippen LogP contribution is 2.20. The summed E-state index contributed by atoms with van der Waals surface area (Å²) < 4.78 is 14.5. The minimum absolute atomic E-state index is 0.0400. The number of benzene rings is 2. The minimum Gasteiger partial charge on any atom is -0.352 e. The maximum absolute atomic E-state index is 13.6. The van der Waals surface area contributed by atoms with Crippen molar-refractivity contribution >= 4 is 33.8 Å². The maximum Gasteiger partial charge on any atom is 0.246 e. The van der Waals surface area contributed by atoms with Crippen molar-refractivity contribution in [2.24, 2.45) is 5.92 Å². The lowest BCUT2D eigenvalue weighted by Gasteiger charge is -2.30. The SMILES string of the molecule is Cc1ccc(CNC(=O)C2CCN(C(=O)/C=C/c3ccccc3Br)CC2)cc1F. The Hall–Kier alpha value is -2.47. The van der Waals surface area contributed by atoms with Crippen LogP contribution in [0, 0.1) is 18.7 Å². The van der Waals surface area contributed by atoms with Gasteiger partial charge in [0.1, 0.15) is 5.82 Å². The summed E-state index contributed by atoms with van der Waals surface area (Å²) in [4.78, 5) is 26.6. The van der Waals surface area contributed by atoms with Crippen LogP contribution in [0.1, 0.15) is 29.5 Å². The molecule has 0 atom stereocenters. The molecule has 1 N–H and O–H groups in total. The van der Waals surface area contributed by atoms with Crippen molar-refractivity contribution in [2.45, 2.75) is 26.3 Å². The van der Waals surface area contributed by atoms with E-state index in [1.165, 1.54) is 6.07 Å². The van der Waals surface area contributed by atoms with Gasteiger partial charge in [-0.15, -0.1) is 0 Å². The number of halogens is 2. The minimum atomic E-state index is -0.265. The van der Waals surface area contributed by atoms with Crippen LogP contribution in [0.25, 0.3) is 6.08 Å². The lowest BCUT2D eigenvalue weighted by Crippen LogP contribution is -2.42. The summed E-state index contributed by atoms with van der Waals surface area (Å²) in [7, 11) is 0. The molecule has 2 aromatic carbocycles. The Morgan fingerprint density at radius 1 is 1.21 bits per heavy atom. The number of amides is 2. The largest absolute Gasteiger partial charge is 0.352 e. The number of carbonyl (C=O) groups is 2. The van der Waals surface area contributed by atoms with Gasteiger partial charge < -0.3 is 10.2 Å². The van der Waals surface area contributed by atoms with E-state index in [2.05, 4.69) is 21.2 Å². The molecule has 0 radical (unpaired) electrons. The van der Waals surface area contributed by atoms with Gasteiger partial charge in [-0.05, 0) is 54.7 Å². The molecule has 1 fully saturated rings. The number of likely N-dealkylation sites (tertiary alicyclic amines) is 1. The van der Waals surface area contributed by atoms with E-state index < -0.39 is 0 Å². The Kier molecular flexibility index (Phi) is 7.20. The third-order valence-electron chi connectivity index (χ3n) is 5.19. The fourth-order valence-corrected chi connectivity index (χ4v) is 3.74. The quantitative estimate of drug-likeness (QED) is 0.672. The maximum atomic E-state index is 13.6. The number of hydrogen-bond donors (Lipinski definition) is 1. The van der Waals surface area contributed by atoms with E-state index in [0.717, 1.165) is 15.6 Å². The molecule has 1 aliphatic heterocycles. The number of nitrogens with one attached hydrogen (secondary N) is 1. The predicted molar refractivity (Wildman–Crippen MR) is 115 cm³/mol. The van der Waals surface area contributed by atoms with Gasteiger partial charge >= 0.3 is 0 Å². The molecule has 152 valence electrons. The normalized spacial score (nSPS) is 14.9. The van der Waals surface area contributed by atoms with Gasteiger partial charge in [0.2, 0.25) is 11.8 Å². The number of nitrogens with zero attached hydrogens (tertiary/aromatic N) is 1. The van der Waals surface area contributed by atoms with Crippen LogP contribution in [0.15, 0.2) is 53.0 Å². The smallest absolute Gasteiger partial charge is 0.246 e. The number of carbonyl (C=O) groups excluding carboxylic acids is 2. The summed E-state index contributed by atoms with van der Waals surface area (Å²) in [6.45, 7) is 3.12. The first-order valence-corrected chi connectivity index (χ1v) is 10.5. The van der Waals surface area contributed by atoms with E-state index in [1.807, 2.05) is 30.3 Å². The lowest BCUT2D eigenvalue weighted by molar-refractivity contribution is -0.132. The first-order chi connectivity index (χ1) is 13.9. The Morgan fingerprint density at radius 3 is 2.62 bits per heavy atom. The zero-order valence-corrected chi connectivity index (χ0v) is 17.9. The van der Waals surface area contributed by atoms with Gasteiger partial charge in [0.05, 0.1) is 0 Å². The van der Waals surface area contributed by atoms with E-state index in [1.54, 1.807) is 30.0 Å². The van der Waals surface area contributed by atoms with E-state index >= 15 is 0 Å². The van der Waals surface area contributed by atoms with Crippen LogP contribution in [0.5, 0.6) is 0 Å². The number of aryl methyl sites for hydroxylation is 1. The summed E-state index contributed by atoms with van der Waals surface area (Å²) in [6, 6.07) is 12.7. The predicted octanol–water partition coefficient (Wildman–Crippen LogP) is 4.46. The van der Waals surface area contributed by atoms with Crippen molar-refractivity contribution in [3.05, 3.63) is 75.5 Å².